The van der Waals surface area contributed by atoms with Crippen molar-refractivity contribution in [2.45, 2.75) is 13.5 Å². The molecule has 0 atom stereocenters. The molecule has 0 saturated carbocycles. The molecule has 0 saturated heterocycles. The van der Waals surface area contributed by atoms with Crippen molar-refractivity contribution in [3.05, 3.63) is 57.6 Å². The number of aromatic hydroxyl groups is 1. The summed E-state index contributed by atoms with van der Waals surface area (Å²) in [5.41, 5.74) is 1.74. The molecule has 24 heavy (non-hydrogen) atoms. The molecule has 3 rings (SSSR count). The van der Waals surface area contributed by atoms with E-state index in [0.717, 1.165) is 15.7 Å². The molecule has 0 spiro atoms. The Labute approximate surface area is 137 Å². The normalized spacial score (nSPS) is 11.0. The average molecular weight is 327 g/mol. The largest absolute Gasteiger partial charge is 0.505 e. The third kappa shape index (κ3) is 2.44. The molecule has 0 radical (unpaired) electrons. The summed E-state index contributed by atoms with van der Waals surface area (Å²) < 4.78 is 7.23. The Morgan fingerprint density at radius 3 is 2.58 bits per heavy atom. The van der Waals surface area contributed by atoms with Crippen LogP contribution in [-0.4, -0.2) is 32.5 Å². The van der Waals surface area contributed by atoms with Gasteiger partial charge in [0.05, 0.1) is 25.2 Å². The maximum absolute atomic E-state index is 12.6. The minimum absolute atomic E-state index is 0.190. The van der Waals surface area contributed by atoms with Crippen molar-refractivity contribution in [3.63, 3.8) is 0 Å². The number of methoxy groups -OCH3 is 1. The molecule has 0 aliphatic carbocycles. The highest BCUT2D eigenvalue weighted by molar-refractivity contribution is 5.98. The maximum atomic E-state index is 12.6. The fourth-order valence-corrected chi connectivity index (χ4v) is 2.65. The van der Waals surface area contributed by atoms with E-state index in [9.17, 15) is 14.7 Å². The number of aryl methyl sites for hydroxylation is 1. The molecule has 0 aliphatic rings. The first-order valence-corrected chi connectivity index (χ1v) is 7.35. The Balaban J connectivity index is 2.17. The lowest BCUT2D eigenvalue weighted by atomic mass is 10.1. The van der Waals surface area contributed by atoms with E-state index in [1.54, 1.807) is 0 Å². The number of hydrogen-bond acceptors (Lipinski definition) is 5. The summed E-state index contributed by atoms with van der Waals surface area (Å²) in [6, 6.07) is 7.87. The van der Waals surface area contributed by atoms with E-state index in [1.807, 2.05) is 31.2 Å². The molecule has 0 bridgehead atoms. The van der Waals surface area contributed by atoms with E-state index in [-0.39, 0.29) is 22.3 Å². The van der Waals surface area contributed by atoms with Gasteiger partial charge in [0, 0.05) is 7.05 Å². The second-order valence-electron chi connectivity index (χ2n) is 5.60. The first-order chi connectivity index (χ1) is 11.4. The number of pyridine rings is 1. The first kappa shape index (κ1) is 15.8. The predicted molar refractivity (Wildman–Crippen MR) is 88.3 cm³/mol. The lowest BCUT2D eigenvalue weighted by Crippen LogP contribution is -2.25. The van der Waals surface area contributed by atoms with Crippen LogP contribution in [0.25, 0.3) is 10.9 Å². The number of aromatic nitrogens is 3. The minimum atomic E-state index is -0.778. The molecule has 0 unspecified atom stereocenters. The van der Waals surface area contributed by atoms with Gasteiger partial charge in [-0.2, -0.15) is 5.10 Å². The summed E-state index contributed by atoms with van der Waals surface area (Å²) >= 11 is 0. The van der Waals surface area contributed by atoms with Crippen LogP contribution in [0.4, 0.5) is 0 Å². The molecular weight excluding hydrogens is 310 g/mol. The number of fused-ring (bicyclic) bond motifs is 1. The zero-order chi connectivity index (χ0) is 17.4. The monoisotopic (exact) mass is 327 g/mol. The van der Waals surface area contributed by atoms with Crippen LogP contribution < -0.4 is 5.56 Å². The molecule has 2 heterocycles. The summed E-state index contributed by atoms with van der Waals surface area (Å²) in [6.07, 6.45) is 1.38. The predicted octanol–water partition coefficient (Wildman–Crippen LogP) is 1.58. The number of nitrogens with zero attached hydrogens (tertiary/aromatic N) is 3. The first-order valence-electron chi connectivity index (χ1n) is 7.35. The third-order valence-electron chi connectivity index (χ3n) is 3.99. The minimum Gasteiger partial charge on any atom is -0.505 e. The lowest BCUT2D eigenvalue weighted by Gasteiger charge is -2.10. The molecule has 1 N–H and O–H groups in total. The third-order valence-corrected chi connectivity index (χ3v) is 3.99. The van der Waals surface area contributed by atoms with Crippen molar-refractivity contribution in [2.24, 2.45) is 7.05 Å². The Hall–Kier alpha value is -3.09. The Morgan fingerprint density at radius 1 is 1.29 bits per heavy atom. The van der Waals surface area contributed by atoms with Gasteiger partial charge in [0.25, 0.3) is 5.56 Å². The zero-order valence-electron chi connectivity index (χ0n) is 13.6. The fourth-order valence-electron chi connectivity index (χ4n) is 2.65. The number of ether oxygens (including phenoxy) is 1. The molecule has 0 aliphatic heterocycles. The smallest absolute Gasteiger partial charge is 0.358 e. The van der Waals surface area contributed by atoms with E-state index >= 15 is 0 Å². The van der Waals surface area contributed by atoms with Crippen molar-refractivity contribution < 1.29 is 14.6 Å². The van der Waals surface area contributed by atoms with Gasteiger partial charge in [0.1, 0.15) is 5.52 Å². The lowest BCUT2D eigenvalue weighted by molar-refractivity contribution is 0.0585. The van der Waals surface area contributed by atoms with Crippen molar-refractivity contribution in [2.75, 3.05) is 7.11 Å². The topological polar surface area (TPSA) is 86.3 Å². The van der Waals surface area contributed by atoms with Gasteiger partial charge in [0.15, 0.2) is 11.4 Å². The Morgan fingerprint density at radius 2 is 1.96 bits per heavy atom. The van der Waals surface area contributed by atoms with Gasteiger partial charge >= 0.3 is 5.97 Å². The van der Waals surface area contributed by atoms with Crippen LogP contribution in [0.1, 0.15) is 21.6 Å². The molecule has 0 fully saturated rings. The van der Waals surface area contributed by atoms with E-state index in [2.05, 4.69) is 9.84 Å². The highest BCUT2D eigenvalue weighted by atomic mass is 16.5. The van der Waals surface area contributed by atoms with Crippen molar-refractivity contribution in [1.82, 2.24) is 14.3 Å². The molecule has 124 valence electrons. The second-order valence-corrected chi connectivity index (χ2v) is 5.60. The van der Waals surface area contributed by atoms with Crippen LogP contribution in [0.3, 0.4) is 0 Å². The molecule has 3 aromatic rings. The molecule has 1 aromatic carbocycles. The molecule has 0 amide bonds. The van der Waals surface area contributed by atoms with Crippen LogP contribution in [0.5, 0.6) is 5.75 Å². The van der Waals surface area contributed by atoms with Gasteiger partial charge in [-0.05, 0) is 12.5 Å². The second kappa shape index (κ2) is 5.84. The van der Waals surface area contributed by atoms with Crippen LogP contribution in [0.2, 0.25) is 0 Å². The fraction of sp³-hybridized carbons (Fsp3) is 0.235. The van der Waals surface area contributed by atoms with Gasteiger partial charge in [-0.3, -0.25) is 9.48 Å². The van der Waals surface area contributed by atoms with Crippen LogP contribution in [0.15, 0.2) is 35.3 Å². The van der Waals surface area contributed by atoms with Crippen LogP contribution in [0, 0.1) is 6.92 Å². The maximum Gasteiger partial charge on any atom is 0.358 e. The molecule has 7 heteroatoms. The van der Waals surface area contributed by atoms with Crippen molar-refractivity contribution >= 4 is 16.9 Å². The van der Waals surface area contributed by atoms with Crippen molar-refractivity contribution in [1.29, 1.82) is 0 Å². The highest BCUT2D eigenvalue weighted by Crippen LogP contribution is 2.26. The summed E-state index contributed by atoms with van der Waals surface area (Å²) in [4.78, 5) is 24.4. The van der Waals surface area contributed by atoms with E-state index < -0.39 is 11.5 Å². The van der Waals surface area contributed by atoms with Gasteiger partial charge in [-0.1, -0.05) is 29.8 Å². The van der Waals surface area contributed by atoms with Gasteiger partial charge < -0.3 is 14.4 Å². The number of hydrogen-bond donors (Lipinski definition) is 1. The van der Waals surface area contributed by atoms with Gasteiger partial charge in [0.2, 0.25) is 0 Å². The van der Waals surface area contributed by atoms with E-state index in [4.69, 9.17) is 0 Å². The number of carbonyl (C=O) groups is 1. The van der Waals surface area contributed by atoms with Gasteiger partial charge in [-0.25, -0.2) is 4.79 Å². The summed E-state index contributed by atoms with van der Waals surface area (Å²) in [6.45, 7) is 2.38. The van der Waals surface area contributed by atoms with Crippen LogP contribution >= 0.6 is 0 Å². The highest BCUT2D eigenvalue weighted by Gasteiger charge is 2.23. The number of carbonyl (C=O) groups excluding carboxylic acids is 1. The number of rotatable bonds is 3. The molecule has 7 nitrogen and oxygen atoms in total. The van der Waals surface area contributed by atoms with Gasteiger partial charge in [-0.15, -0.1) is 0 Å². The Kier molecular flexibility index (Phi) is 3.84. The van der Waals surface area contributed by atoms with Crippen LogP contribution in [-0.2, 0) is 18.3 Å². The SMILES string of the molecule is COC(=O)c1c(O)c2cnn(Cc3ccc(C)cc3)c2c(=O)n1C. The zero-order valence-corrected chi connectivity index (χ0v) is 13.6. The van der Waals surface area contributed by atoms with E-state index in [0.29, 0.717) is 6.54 Å². The molecule has 2 aromatic heterocycles. The quantitative estimate of drug-likeness (QED) is 0.738. The Bertz CT molecular complexity index is 984. The summed E-state index contributed by atoms with van der Waals surface area (Å²) in [5.74, 6) is -1.09. The molecular formula is C17H17N3O4. The van der Waals surface area contributed by atoms with E-state index in [1.165, 1.54) is 25.0 Å². The number of esters is 1. The number of benzene rings is 1. The summed E-state index contributed by atoms with van der Waals surface area (Å²) in [7, 11) is 2.61. The summed E-state index contributed by atoms with van der Waals surface area (Å²) in [5, 5.41) is 14.8. The van der Waals surface area contributed by atoms with Crippen molar-refractivity contribution in [3.8, 4) is 5.75 Å². The average Bonchev–Trinajstić information content (AvgIpc) is 2.99. The standard InChI is InChI=1S/C17H17N3O4/c1-10-4-6-11(7-5-10)9-20-13-12(8-18-20)15(21)14(17(23)24-3)19(2)16(13)22/h4-8,21H,9H2,1-3H3.